The van der Waals surface area contributed by atoms with E-state index in [2.05, 4.69) is 10.3 Å². The summed E-state index contributed by atoms with van der Waals surface area (Å²) >= 11 is 0. The van der Waals surface area contributed by atoms with E-state index < -0.39 is 0 Å². The van der Waals surface area contributed by atoms with Crippen molar-refractivity contribution in [2.45, 2.75) is 56.7 Å². The zero-order chi connectivity index (χ0) is 14.8. The molecule has 5 N–H and O–H groups in total. The van der Waals surface area contributed by atoms with Crippen molar-refractivity contribution < 1.29 is 4.79 Å². The maximum atomic E-state index is 11.7. The van der Waals surface area contributed by atoms with Crippen molar-refractivity contribution in [3.63, 3.8) is 0 Å². The van der Waals surface area contributed by atoms with E-state index in [0.717, 1.165) is 24.5 Å². The molecule has 0 unspecified atom stereocenters. The van der Waals surface area contributed by atoms with Gasteiger partial charge in [-0.05, 0) is 32.6 Å². The Bertz CT molecular complexity index is 315. The van der Waals surface area contributed by atoms with Gasteiger partial charge in [0.15, 0.2) is 5.96 Å². The van der Waals surface area contributed by atoms with Gasteiger partial charge in [-0.3, -0.25) is 9.79 Å². The largest absolute Gasteiger partial charge is 0.370 e. The minimum Gasteiger partial charge on any atom is -0.370 e. The minimum absolute atomic E-state index is 0.103. The number of guanidine groups is 1. The van der Waals surface area contributed by atoms with Gasteiger partial charge < -0.3 is 16.8 Å². The van der Waals surface area contributed by atoms with Gasteiger partial charge in [-0.25, -0.2) is 0 Å². The van der Waals surface area contributed by atoms with Crippen molar-refractivity contribution in [3.05, 3.63) is 0 Å². The molecule has 2 atom stereocenters. The molecule has 20 heavy (non-hydrogen) atoms. The number of nitrogens with one attached hydrogen (secondary N) is 1. The van der Waals surface area contributed by atoms with Crippen LogP contribution in [0.1, 0.15) is 45.4 Å². The molecule has 1 aliphatic heterocycles. The predicted octanol–water partition coefficient (Wildman–Crippen LogP) is 1.87. The molecule has 116 valence electrons. The molecule has 1 rings (SSSR count). The van der Waals surface area contributed by atoms with Crippen LogP contribution in [0, 0.1) is 0 Å². The fourth-order valence-electron chi connectivity index (χ4n) is 2.03. The van der Waals surface area contributed by atoms with Crippen molar-refractivity contribution >= 4 is 33.5 Å². The lowest BCUT2D eigenvalue weighted by molar-refractivity contribution is -0.121. The van der Waals surface area contributed by atoms with Crippen molar-refractivity contribution in [1.29, 1.82) is 0 Å². The van der Waals surface area contributed by atoms with Crippen LogP contribution in [-0.2, 0) is 4.79 Å². The second kappa shape index (κ2) is 10.2. The fourth-order valence-corrected chi connectivity index (χ4v) is 5.06. The highest BCUT2D eigenvalue weighted by Gasteiger charge is 2.16. The molecule has 0 radical (unpaired) electrons. The summed E-state index contributed by atoms with van der Waals surface area (Å²) in [6.07, 6.45) is 6.08. The van der Waals surface area contributed by atoms with Crippen LogP contribution in [0.5, 0.6) is 0 Å². The number of hydrogen-bond acceptors (Lipinski definition) is 4. The first-order valence-electron chi connectivity index (χ1n) is 7.21. The smallest absolute Gasteiger partial charge is 0.220 e. The third kappa shape index (κ3) is 8.58. The molecular weight excluding hydrogens is 292 g/mol. The zero-order valence-corrected chi connectivity index (χ0v) is 13.8. The van der Waals surface area contributed by atoms with Crippen LogP contribution in [0.3, 0.4) is 0 Å². The first kappa shape index (κ1) is 17.5. The van der Waals surface area contributed by atoms with E-state index >= 15 is 0 Å². The summed E-state index contributed by atoms with van der Waals surface area (Å²) in [6.45, 7) is 2.53. The predicted molar refractivity (Wildman–Crippen MR) is 89.8 cm³/mol. The lowest BCUT2D eigenvalue weighted by Gasteiger charge is -2.13. The van der Waals surface area contributed by atoms with Crippen LogP contribution in [0.25, 0.3) is 0 Å². The molecule has 1 aliphatic rings. The standard InChI is InChI=1S/C13H26N4OS2/c1-10(6-8-16-13(14)15)17-12(18)5-3-2-4-11-7-9-19-20-11/h10-11H,2-9H2,1H3,(H,17,18)(H4,14,15,16)/t10-,11-/m1/s1. The SMILES string of the molecule is C[C@H](CCN=C(N)N)NC(=O)CCCC[C@@H]1CCSS1. The Hall–Kier alpha value is -0.560. The van der Waals surface area contributed by atoms with Gasteiger partial charge in [0, 0.05) is 30.0 Å². The number of amides is 1. The molecule has 0 spiro atoms. The van der Waals surface area contributed by atoms with E-state index in [4.69, 9.17) is 11.5 Å². The summed E-state index contributed by atoms with van der Waals surface area (Å²) in [4.78, 5) is 15.6. The van der Waals surface area contributed by atoms with Gasteiger partial charge in [-0.1, -0.05) is 28.0 Å². The van der Waals surface area contributed by atoms with Gasteiger partial charge in [0.05, 0.1) is 0 Å². The topological polar surface area (TPSA) is 93.5 Å². The number of nitrogens with two attached hydrogens (primary N) is 2. The van der Waals surface area contributed by atoms with Crippen LogP contribution in [0.2, 0.25) is 0 Å². The molecule has 0 saturated carbocycles. The molecular formula is C13H26N4OS2. The van der Waals surface area contributed by atoms with Crippen LogP contribution < -0.4 is 16.8 Å². The van der Waals surface area contributed by atoms with Crippen LogP contribution >= 0.6 is 21.6 Å². The molecule has 7 heteroatoms. The monoisotopic (exact) mass is 318 g/mol. The summed E-state index contributed by atoms with van der Waals surface area (Å²) in [6, 6.07) is 0.118. The molecule has 5 nitrogen and oxygen atoms in total. The third-order valence-corrected chi connectivity index (χ3v) is 6.18. The second-order valence-corrected chi connectivity index (χ2v) is 7.93. The van der Waals surface area contributed by atoms with Crippen molar-refractivity contribution in [3.8, 4) is 0 Å². The Balaban J connectivity index is 1.99. The molecule has 0 aliphatic carbocycles. The highest BCUT2D eigenvalue weighted by atomic mass is 33.1. The lowest BCUT2D eigenvalue weighted by Crippen LogP contribution is -2.33. The van der Waals surface area contributed by atoms with Crippen molar-refractivity contribution in [2.24, 2.45) is 16.5 Å². The minimum atomic E-state index is 0.103. The lowest BCUT2D eigenvalue weighted by atomic mass is 10.1. The molecule has 1 amide bonds. The molecule has 0 aromatic heterocycles. The zero-order valence-electron chi connectivity index (χ0n) is 12.1. The molecule has 0 aromatic carbocycles. The van der Waals surface area contributed by atoms with E-state index in [1.165, 1.54) is 18.6 Å². The summed E-state index contributed by atoms with van der Waals surface area (Å²) in [7, 11) is 3.98. The Labute approximate surface area is 129 Å². The number of nitrogens with zero attached hydrogens (tertiary/aromatic N) is 1. The number of carbonyl (C=O) groups excluding carboxylic acids is 1. The summed E-state index contributed by atoms with van der Waals surface area (Å²) in [5, 5.41) is 3.79. The highest BCUT2D eigenvalue weighted by molar-refractivity contribution is 8.77. The van der Waals surface area contributed by atoms with Gasteiger partial charge >= 0.3 is 0 Å². The van der Waals surface area contributed by atoms with E-state index in [1.54, 1.807) is 0 Å². The average Bonchev–Trinajstić information content (AvgIpc) is 2.87. The molecule has 1 saturated heterocycles. The third-order valence-electron chi connectivity index (χ3n) is 3.17. The molecule has 0 bridgehead atoms. The Morgan fingerprint density at radius 2 is 2.25 bits per heavy atom. The quantitative estimate of drug-likeness (QED) is 0.261. The van der Waals surface area contributed by atoms with Crippen molar-refractivity contribution in [1.82, 2.24) is 5.32 Å². The van der Waals surface area contributed by atoms with E-state index in [0.29, 0.717) is 13.0 Å². The Morgan fingerprint density at radius 1 is 1.45 bits per heavy atom. The maximum Gasteiger partial charge on any atom is 0.220 e. The van der Waals surface area contributed by atoms with Gasteiger partial charge in [-0.2, -0.15) is 0 Å². The van der Waals surface area contributed by atoms with Crippen LogP contribution in [-0.4, -0.2) is 35.5 Å². The van der Waals surface area contributed by atoms with Gasteiger partial charge in [0.25, 0.3) is 0 Å². The molecule has 1 fully saturated rings. The number of unbranched alkanes of at least 4 members (excludes halogenated alkanes) is 1. The van der Waals surface area contributed by atoms with E-state index in [-0.39, 0.29) is 17.9 Å². The Kier molecular flexibility index (Phi) is 8.93. The first-order chi connectivity index (χ1) is 9.58. The molecule has 1 heterocycles. The normalized spacial score (nSPS) is 19.6. The maximum absolute atomic E-state index is 11.7. The number of aliphatic imine (C=N–C) groups is 1. The van der Waals surface area contributed by atoms with E-state index in [9.17, 15) is 4.79 Å². The number of carbonyl (C=O) groups is 1. The van der Waals surface area contributed by atoms with Crippen LogP contribution in [0.4, 0.5) is 0 Å². The van der Waals surface area contributed by atoms with E-state index in [1.807, 2.05) is 28.5 Å². The first-order valence-corrected chi connectivity index (χ1v) is 9.59. The summed E-state index contributed by atoms with van der Waals surface area (Å²) < 4.78 is 0. The second-order valence-electron chi connectivity index (χ2n) is 5.14. The number of rotatable bonds is 9. The molecule has 0 aromatic rings. The van der Waals surface area contributed by atoms with Crippen LogP contribution in [0.15, 0.2) is 4.99 Å². The van der Waals surface area contributed by atoms with Gasteiger partial charge in [0.2, 0.25) is 5.91 Å². The average molecular weight is 319 g/mol. The van der Waals surface area contributed by atoms with Gasteiger partial charge in [-0.15, -0.1) is 0 Å². The Morgan fingerprint density at radius 3 is 2.90 bits per heavy atom. The summed E-state index contributed by atoms with van der Waals surface area (Å²) in [5.41, 5.74) is 10.5. The van der Waals surface area contributed by atoms with Gasteiger partial charge in [0.1, 0.15) is 0 Å². The highest BCUT2D eigenvalue weighted by Crippen LogP contribution is 2.39. The summed E-state index contributed by atoms with van der Waals surface area (Å²) in [5.74, 6) is 1.52. The van der Waals surface area contributed by atoms with Crippen molar-refractivity contribution in [2.75, 3.05) is 12.3 Å². The fraction of sp³-hybridized carbons (Fsp3) is 0.846. The number of hydrogen-bond donors (Lipinski definition) is 3.